The molecule has 100 valence electrons. The molecule has 6 heteroatoms. The molecular formula is C13H12O6. The van der Waals surface area contributed by atoms with Crippen molar-refractivity contribution in [3.05, 3.63) is 52.5 Å². The minimum absolute atomic E-state index is 0.0640. The predicted octanol–water partition coefficient (Wildman–Crippen LogP) is 2.51. The van der Waals surface area contributed by atoms with Gasteiger partial charge >= 0.3 is 6.16 Å². The number of hydrogen-bond donors (Lipinski definition) is 0. The van der Waals surface area contributed by atoms with Gasteiger partial charge in [0.25, 0.3) is 0 Å². The van der Waals surface area contributed by atoms with Crippen LogP contribution < -0.4 is 10.2 Å². The van der Waals surface area contributed by atoms with E-state index in [1.54, 1.807) is 19.1 Å². The van der Waals surface area contributed by atoms with E-state index >= 15 is 0 Å². The highest BCUT2D eigenvalue weighted by atomic mass is 16.7. The van der Waals surface area contributed by atoms with Crippen molar-refractivity contribution >= 4 is 6.16 Å². The quantitative estimate of drug-likeness (QED) is 0.789. The number of furan rings is 1. The molecule has 0 saturated carbocycles. The van der Waals surface area contributed by atoms with Crippen molar-refractivity contribution in [2.75, 3.05) is 0 Å². The molecule has 0 spiro atoms. The Morgan fingerprint density at radius 1 is 1.26 bits per heavy atom. The van der Waals surface area contributed by atoms with Gasteiger partial charge in [0.05, 0.1) is 12.5 Å². The minimum Gasteiger partial charge on any atom is -0.466 e. The lowest BCUT2D eigenvalue weighted by Gasteiger charge is -2.06. The van der Waals surface area contributed by atoms with Crippen molar-refractivity contribution in [3.8, 4) is 5.75 Å². The molecular weight excluding hydrogens is 252 g/mol. The fourth-order valence-corrected chi connectivity index (χ4v) is 1.43. The number of rotatable bonds is 4. The summed E-state index contributed by atoms with van der Waals surface area (Å²) < 4.78 is 19.7. The highest BCUT2D eigenvalue weighted by molar-refractivity contribution is 5.64. The third kappa shape index (κ3) is 3.25. The molecule has 0 aromatic carbocycles. The lowest BCUT2D eigenvalue weighted by molar-refractivity contribution is 0.0847. The van der Waals surface area contributed by atoms with E-state index in [9.17, 15) is 9.59 Å². The highest BCUT2D eigenvalue weighted by Crippen LogP contribution is 2.14. The van der Waals surface area contributed by atoms with Crippen LogP contribution in [0.2, 0.25) is 0 Å². The second kappa shape index (κ2) is 5.90. The van der Waals surface area contributed by atoms with Crippen LogP contribution in [0.4, 0.5) is 4.79 Å². The van der Waals surface area contributed by atoms with Gasteiger partial charge in [0, 0.05) is 12.5 Å². The summed E-state index contributed by atoms with van der Waals surface area (Å²) in [4.78, 5) is 23.0. The summed E-state index contributed by atoms with van der Waals surface area (Å²) in [6, 6.07) is 4.50. The van der Waals surface area contributed by atoms with Gasteiger partial charge in [0.15, 0.2) is 6.61 Å². The second-order valence-electron chi connectivity index (χ2n) is 3.61. The monoisotopic (exact) mass is 264 g/mol. The number of ether oxygens (including phenoxy) is 2. The molecule has 0 atom stereocenters. The highest BCUT2D eigenvalue weighted by Gasteiger charge is 2.15. The van der Waals surface area contributed by atoms with Gasteiger partial charge in [-0.2, -0.15) is 0 Å². The number of carbonyl (C=O) groups is 1. The van der Waals surface area contributed by atoms with Crippen molar-refractivity contribution < 1.29 is 23.1 Å². The maximum absolute atomic E-state index is 11.6. The van der Waals surface area contributed by atoms with E-state index in [4.69, 9.17) is 18.3 Å². The normalized spacial score (nSPS) is 10.2. The standard InChI is InChI=1S/C13H12O6/c1-2-11-12(10(14)5-7-17-11)19-13(15)18-8-9-4-3-6-16-9/h3-7H,2,8H2,1H3. The summed E-state index contributed by atoms with van der Waals surface area (Å²) >= 11 is 0. The van der Waals surface area contributed by atoms with E-state index in [2.05, 4.69) is 0 Å². The van der Waals surface area contributed by atoms with Crippen molar-refractivity contribution in [2.24, 2.45) is 0 Å². The van der Waals surface area contributed by atoms with Crippen LogP contribution in [0.1, 0.15) is 18.4 Å². The molecule has 0 unspecified atom stereocenters. The van der Waals surface area contributed by atoms with E-state index in [1.807, 2.05) is 0 Å². The Bertz CT molecular complexity index is 596. The third-order valence-electron chi connectivity index (χ3n) is 2.33. The van der Waals surface area contributed by atoms with Crippen molar-refractivity contribution in [3.63, 3.8) is 0 Å². The van der Waals surface area contributed by atoms with Crippen LogP contribution in [0.25, 0.3) is 0 Å². The molecule has 6 nitrogen and oxygen atoms in total. The van der Waals surface area contributed by atoms with Gasteiger partial charge in [-0.15, -0.1) is 0 Å². The van der Waals surface area contributed by atoms with E-state index in [0.29, 0.717) is 17.9 Å². The molecule has 0 N–H and O–H groups in total. The fraction of sp³-hybridized carbons (Fsp3) is 0.231. The minimum atomic E-state index is -0.982. The molecule has 0 aliphatic heterocycles. The molecule has 0 saturated heterocycles. The Hall–Kier alpha value is -2.50. The molecule has 0 aliphatic rings. The Morgan fingerprint density at radius 3 is 2.79 bits per heavy atom. The summed E-state index contributed by atoms with van der Waals surface area (Å²) in [6.07, 6.45) is 2.16. The average molecular weight is 264 g/mol. The Labute approximate surface area is 108 Å². The van der Waals surface area contributed by atoms with Gasteiger partial charge in [-0.3, -0.25) is 4.79 Å². The van der Waals surface area contributed by atoms with Gasteiger partial charge in [-0.25, -0.2) is 4.79 Å². The first kappa shape index (κ1) is 12.9. The van der Waals surface area contributed by atoms with Crippen molar-refractivity contribution in [1.82, 2.24) is 0 Å². The molecule has 2 aromatic heterocycles. The van der Waals surface area contributed by atoms with Gasteiger partial charge in [-0.1, -0.05) is 6.92 Å². The molecule has 0 bridgehead atoms. The summed E-state index contributed by atoms with van der Waals surface area (Å²) in [7, 11) is 0. The number of carbonyl (C=O) groups excluding carboxylic acids is 1. The van der Waals surface area contributed by atoms with Gasteiger partial charge in [0.2, 0.25) is 11.2 Å². The summed E-state index contributed by atoms with van der Waals surface area (Å²) in [6.45, 7) is 1.71. The molecule has 0 aliphatic carbocycles. The van der Waals surface area contributed by atoms with Crippen LogP contribution in [0.15, 0.2) is 44.4 Å². The predicted molar refractivity (Wildman–Crippen MR) is 63.9 cm³/mol. The number of hydrogen-bond acceptors (Lipinski definition) is 6. The van der Waals surface area contributed by atoms with E-state index in [1.165, 1.54) is 18.6 Å². The lowest BCUT2D eigenvalue weighted by Crippen LogP contribution is -2.17. The first-order valence-corrected chi connectivity index (χ1v) is 5.68. The largest absolute Gasteiger partial charge is 0.514 e. The number of aryl methyl sites for hydroxylation is 1. The Balaban J connectivity index is 2.01. The van der Waals surface area contributed by atoms with E-state index in [0.717, 1.165) is 0 Å². The molecule has 2 rings (SSSR count). The van der Waals surface area contributed by atoms with Crippen molar-refractivity contribution in [2.45, 2.75) is 20.0 Å². The van der Waals surface area contributed by atoms with Crippen LogP contribution in [0.5, 0.6) is 5.75 Å². The average Bonchev–Trinajstić information content (AvgIpc) is 2.92. The summed E-state index contributed by atoms with van der Waals surface area (Å²) in [5.74, 6) is 0.629. The van der Waals surface area contributed by atoms with Gasteiger partial charge < -0.3 is 18.3 Å². The molecule has 0 radical (unpaired) electrons. The molecule has 2 aromatic rings. The topological polar surface area (TPSA) is 78.9 Å². The molecule has 0 fully saturated rings. The first-order chi connectivity index (χ1) is 9.20. The molecule has 2 heterocycles. The maximum Gasteiger partial charge on any atom is 0.514 e. The van der Waals surface area contributed by atoms with E-state index < -0.39 is 11.6 Å². The summed E-state index contributed by atoms with van der Waals surface area (Å²) in [5.41, 5.74) is -0.432. The van der Waals surface area contributed by atoms with E-state index in [-0.39, 0.29) is 12.4 Å². The SMILES string of the molecule is CCc1occc(=O)c1OC(=O)OCc1ccco1. The van der Waals surface area contributed by atoms with Crippen LogP contribution in [0.3, 0.4) is 0 Å². The zero-order chi connectivity index (χ0) is 13.7. The van der Waals surface area contributed by atoms with Crippen molar-refractivity contribution in [1.29, 1.82) is 0 Å². The first-order valence-electron chi connectivity index (χ1n) is 5.68. The fourth-order valence-electron chi connectivity index (χ4n) is 1.43. The Kier molecular flexibility index (Phi) is 4.02. The zero-order valence-electron chi connectivity index (χ0n) is 10.3. The zero-order valence-corrected chi connectivity index (χ0v) is 10.3. The van der Waals surface area contributed by atoms with Crippen LogP contribution >= 0.6 is 0 Å². The van der Waals surface area contributed by atoms with Crippen LogP contribution in [0, 0.1) is 0 Å². The lowest BCUT2D eigenvalue weighted by atomic mass is 10.3. The summed E-state index contributed by atoms with van der Waals surface area (Å²) in [5, 5.41) is 0. The smallest absolute Gasteiger partial charge is 0.466 e. The van der Waals surface area contributed by atoms with Gasteiger partial charge in [0.1, 0.15) is 11.5 Å². The molecule has 19 heavy (non-hydrogen) atoms. The molecule has 0 amide bonds. The Morgan fingerprint density at radius 2 is 2.11 bits per heavy atom. The van der Waals surface area contributed by atoms with Crippen LogP contribution in [-0.2, 0) is 17.8 Å². The second-order valence-corrected chi connectivity index (χ2v) is 3.61. The third-order valence-corrected chi connectivity index (χ3v) is 2.33. The maximum atomic E-state index is 11.6. The van der Waals surface area contributed by atoms with Crippen LogP contribution in [-0.4, -0.2) is 6.16 Å². The van der Waals surface area contributed by atoms with Gasteiger partial charge in [-0.05, 0) is 12.1 Å².